The first-order valence-corrected chi connectivity index (χ1v) is 12.5. The molecular formula is C30H34N2O2. The molecular weight excluding hydrogens is 420 g/mol. The predicted molar refractivity (Wildman–Crippen MR) is 140 cm³/mol. The zero-order chi connectivity index (χ0) is 23.3. The van der Waals surface area contributed by atoms with Crippen LogP contribution < -0.4 is 19.7 Å². The van der Waals surface area contributed by atoms with Crippen molar-refractivity contribution in [3.63, 3.8) is 0 Å². The quantitative estimate of drug-likeness (QED) is 0.284. The van der Waals surface area contributed by atoms with Crippen molar-refractivity contribution in [1.29, 1.82) is 0 Å². The summed E-state index contributed by atoms with van der Waals surface area (Å²) >= 11 is 0. The van der Waals surface area contributed by atoms with Crippen LogP contribution in [-0.4, -0.2) is 26.3 Å². The molecule has 3 aromatic carbocycles. The molecule has 0 amide bonds. The van der Waals surface area contributed by atoms with E-state index < -0.39 is 0 Å². The standard InChI is InChI=1S/C30H34N2O2/c1-3-32(4-2)23-18-16-22(17-19-23)29-26-13-8-12-25(26)27-14-9-15-28(30(27)31-29)34-21-20-33-24-10-6-5-7-11-24/h5-12,14-19,25-26,29,31H,3-4,13,20-21H2,1-2H3. The number of nitrogens with zero attached hydrogens (tertiary/aromatic N) is 1. The molecule has 0 aromatic heterocycles. The van der Waals surface area contributed by atoms with Crippen LogP contribution in [-0.2, 0) is 0 Å². The van der Waals surface area contributed by atoms with Crippen LogP contribution in [0, 0.1) is 5.92 Å². The lowest BCUT2D eigenvalue weighted by Crippen LogP contribution is -2.29. The minimum Gasteiger partial charge on any atom is -0.490 e. The monoisotopic (exact) mass is 454 g/mol. The van der Waals surface area contributed by atoms with E-state index in [1.807, 2.05) is 30.3 Å². The summed E-state index contributed by atoms with van der Waals surface area (Å²) in [5.41, 5.74) is 5.07. The van der Waals surface area contributed by atoms with Gasteiger partial charge in [-0.15, -0.1) is 0 Å². The molecule has 1 heterocycles. The van der Waals surface area contributed by atoms with E-state index in [-0.39, 0.29) is 6.04 Å². The van der Waals surface area contributed by atoms with E-state index in [9.17, 15) is 0 Å². The Labute approximate surface area is 203 Å². The van der Waals surface area contributed by atoms with Crippen molar-refractivity contribution in [2.75, 3.05) is 36.5 Å². The van der Waals surface area contributed by atoms with Gasteiger partial charge in [0.1, 0.15) is 24.7 Å². The number of allylic oxidation sites excluding steroid dienone is 2. The molecule has 5 rings (SSSR count). The van der Waals surface area contributed by atoms with Crippen LogP contribution in [0.5, 0.6) is 11.5 Å². The molecule has 0 fully saturated rings. The smallest absolute Gasteiger partial charge is 0.142 e. The molecule has 176 valence electrons. The number of rotatable bonds is 9. The molecule has 1 N–H and O–H groups in total. The summed E-state index contributed by atoms with van der Waals surface area (Å²) in [6, 6.07) is 25.7. The molecule has 34 heavy (non-hydrogen) atoms. The first-order chi connectivity index (χ1) is 16.8. The summed E-state index contributed by atoms with van der Waals surface area (Å²) in [5, 5.41) is 3.87. The zero-order valence-electron chi connectivity index (χ0n) is 20.1. The summed E-state index contributed by atoms with van der Waals surface area (Å²) in [6.07, 6.45) is 5.81. The molecule has 2 aliphatic rings. The third-order valence-corrected chi connectivity index (χ3v) is 7.09. The fourth-order valence-corrected chi connectivity index (χ4v) is 5.35. The lowest BCUT2D eigenvalue weighted by molar-refractivity contribution is 0.217. The van der Waals surface area contributed by atoms with Crippen molar-refractivity contribution in [3.8, 4) is 11.5 Å². The molecule has 0 radical (unpaired) electrons. The van der Waals surface area contributed by atoms with Crippen molar-refractivity contribution in [2.24, 2.45) is 5.92 Å². The van der Waals surface area contributed by atoms with Gasteiger partial charge in [0.05, 0.1) is 11.7 Å². The molecule has 1 aliphatic carbocycles. The fraction of sp³-hybridized carbons (Fsp3) is 0.333. The second-order valence-corrected chi connectivity index (χ2v) is 8.97. The fourth-order valence-electron chi connectivity index (χ4n) is 5.35. The molecule has 3 aromatic rings. The second kappa shape index (κ2) is 10.3. The lowest BCUT2D eigenvalue weighted by Gasteiger charge is -2.38. The third-order valence-electron chi connectivity index (χ3n) is 7.09. The van der Waals surface area contributed by atoms with E-state index >= 15 is 0 Å². The lowest BCUT2D eigenvalue weighted by atomic mass is 9.77. The highest BCUT2D eigenvalue weighted by atomic mass is 16.5. The van der Waals surface area contributed by atoms with E-state index in [4.69, 9.17) is 9.47 Å². The number of ether oxygens (including phenoxy) is 2. The number of fused-ring (bicyclic) bond motifs is 3. The van der Waals surface area contributed by atoms with Gasteiger partial charge in [-0.1, -0.05) is 54.6 Å². The molecule has 0 bridgehead atoms. The Bertz CT molecular complexity index is 1110. The van der Waals surface area contributed by atoms with Gasteiger partial charge in [-0.25, -0.2) is 0 Å². The van der Waals surface area contributed by atoms with Crippen molar-refractivity contribution in [3.05, 3.63) is 96.1 Å². The van der Waals surface area contributed by atoms with Gasteiger partial charge in [-0.2, -0.15) is 0 Å². The Balaban J connectivity index is 1.34. The highest BCUT2D eigenvalue weighted by Crippen LogP contribution is 2.52. The van der Waals surface area contributed by atoms with E-state index in [0.717, 1.165) is 36.7 Å². The molecule has 3 unspecified atom stereocenters. The summed E-state index contributed by atoms with van der Waals surface area (Å²) in [6.45, 7) is 7.47. The number of para-hydroxylation sites is 2. The zero-order valence-corrected chi connectivity index (χ0v) is 20.1. The van der Waals surface area contributed by atoms with Crippen LogP contribution in [0.3, 0.4) is 0 Å². The highest BCUT2D eigenvalue weighted by Gasteiger charge is 2.39. The van der Waals surface area contributed by atoms with Gasteiger partial charge in [0.15, 0.2) is 0 Å². The van der Waals surface area contributed by atoms with Crippen molar-refractivity contribution < 1.29 is 9.47 Å². The van der Waals surface area contributed by atoms with E-state index in [0.29, 0.717) is 25.0 Å². The van der Waals surface area contributed by atoms with Gasteiger partial charge >= 0.3 is 0 Å². The molecule has 1 aliphatic heterocycles. The average Bonchev–Trinajstić information content (AvgIpc) is 3.39. The maximum Gasteiger partial charge on any atom is 0.142 e. The Morgan fingerprint density at radius 3 is 2.38 bits per heavy atom. The van der Waals surface area contributed by atoms with Gasteiger partial charge in [-0.3, -0.25) is 0 Å². The summed E-state index contributed by atoms with van der Waals surface area (Å²) < 4.78 is 12.0. The molecule has 0 saturated carbocycles. The third kappa shape index (κ3) is 4.50. The molecule has 3 atom stereocenters. The highest BCUT2D eigenvalue weighted by molar-refractivity contribution is 5.68. The largest absolute Gasteiger partial charge is 0.490 e. The van der Waals surface area contributed by atoms with E-state index in [1.165, 1.54) is 16.8 Å². The van der Waals surface area contributed by atoms with Crippen molar-refractivity contribution >= 4 is 11.4 Å². The van der Waals surface area contributed by atoms with E-state index in [2.05, 4.69) is 78.7 Å². The maximum absolute atomic E-state index is 6.22. The SMILES string of the molecule is CCN(CC)c1ccc(C2Nc3c(OCCOc4ccccc4)cccc3C3C=CCC32)cc1. The number of hydrogen-bond acceptors (Lipinski definition) is 4. The number of nitrogens with one attached hydrogen (secondary N) is 1. The first-order valence-electron chi connectivity index (χ1n) is 12.5. The molecule has 4 nitrogen and oxygen atoms in total. The van der Waals surface area contributed by atoms with Gasteiger partial charge in [0, 0.05) is 24.7 Å². The van der Waals surface area contributed by atoms with Crippen LogP contribution in [0.1, 0.15) is 43.4 Å². The summed E-state index contributed by atoms with van der Waals surface area (Å²) in [5.74, 6) is 2.69. The Morgan fingerprint density at radius 2 is 1.62 bits per heavy atom. The van der Waals surface area contributed by atoms with Gasteiger partial charge in [0.25, 0.3) is 0 Å². The van der Waals surface area contributed by atoms with Crippen LogP contribution >= 0.6 is 0 Å². The van der Waals surface area contributed by atoms with Gasteiger partial charge in [0.2, 0.25) is 0 Å². The Morgan fingerprint density at radius 1 is 0.853 bits per heavy atom. The van der Waals surface area contributed by atoms with Crippen LogP contribution in [0.15, 0.2) is 84.9 Å². The molecule has 0 spiro atoms. The molecule has 4 heteroatoms. The maximum atomic E-state index is 6.22. The van der Waals surface area contributed by atoms with Gasteiger partial charge < -0.3 is 19.7 Å². The van der Waals surface area contributed by atoms with Crippen LogP contribution in [0.25, 0.3) is 0 Å². The Hall–Kier alpha value is -3.40. The van der Waals surface area contributed by atoms with E-state index in [1.54, 1.807) is 0 Å². The minimum atomic E-state index is 0.253. The second-order valence-electron chi connectivity index (χ2n) is 8.97. The van der Waals surface area contributed by atoms with Crippen LogP contribution in [0.4, 0.5) is 11.4 Å². The van der Waals surface area contributed by atoms with Gasteiger partial charge in [-0.05, 0) is 67.6 Å². The molecule has 0 saturated heterocycles. The Kier molecular flexibility index (Phi) is 6.75. The number of hydrogen-bond donors (Lipinski definition) is 1. The summed E-state index contributed by atoms with van der Waals surface area (Å²) in [7, 11) is 0. The van der Waals surface area contributed by atoms with Crippen molar-refractivity contribution in [2.45, 2.75) is 32.2 Å². The topological polar surface area (TPSA) is 33.7 Å². The number of anilines is 2. The minimum absolute atomic E-state index is 0.253. The number of benzene rings is 3. The van der Waals surface area contributed by atoms with Crippen molar-refractivity contribution in [1.82, 2.24) is 0 Å². The first kappa shape index (κ1) is 22.4. The van der Waals surface area contributed by atoms with Crippen LogP contribution in [0.2, 0.25) is 0 Å². The normalized spacial score (nSPS) is 20.2. The average molecular weight is 455 g/mol. The predicted octanol–water partition coefficient (Wildman–Crippen LogP) is 6.82. The summed E-state index contributed by atoms with van der Waals surface area (Å²) in [4.78, 5) is 2.39.